The SMILES string of the molecule is Brc1cc(-c2ccc3c(c2)sc2ccccc23)cc(-c2ccc3c(c2)c2ccccc2n3-c2ccc3ccccc3c2)c1. The van der Waals surface area contributed by atoms with Crippen molar-refractivity contribution in [2.45, 2.75) is 0 Å². The number of para-hydroxylation sites is 1. The van der Waals surface area contributed by atoms with Crippen LogP contribution in [0.4, 0.5) is 0 Å². The van der Waals surface area contributed by atoms with Gasteiger partial charge in [0.05, 0.1) is 11.0 Å². The van der Waals surface area contributed by atoms with Crippen molar-refractivity contribution in [2.24, 2.45) is 0 Å². The van der Waals surface area contributed by atoms with Crippen LogP contribution < -0.4 is 0 Å². The summed E-state index contributed by atoms with van der Waals surface area (Å²) in [5.74, 6) is 0. The van der Waals surface area contributed by atoms with Crippen molar-refractivity contribution >= 4 is 80.0 Å². The number of aromatic nitrogens is 1. The molecule has 9 rings (SSSR count). The van der Waals surface area contributed by atoms with Gasteiger partial charge in [-0.05, 0) is 93.7 Å². The molecule has 43 heavy (non-hydrogen) atoms. The fraction of sp³-hybridized carbons (Fsp3) is 0. The Balaban J connectivity index is 1.19. The Hall–Kier alpha value is -4.70. The average Bonchev–Trinajstić information content (AvgIpc) is 3.59. The number of benzene rings is 7. The van der Waals surface area contributed by atoms with Crippen LogP contribution in [0.25, 0.3) is 80.7 Å². The van der Waals surface area contributed by atoms with Crippen molar-refractivity contribution in [3.63, 3.8) is 0 Å². The summed E-state index contributed by atoms with van der Waals surface area (Å²) in [6.45, 7) is 0. The minimum atomic E-state index is 1.08. The molecule has 0 aliphatic rings. The molecule has 0 unspecified atom stereocenters. The van der Waals surface area contributed by atoms with Crippen molar-refractivity contribution in [2.75, 3.05) is 0 Å². The van der Waals surface area contributed by atoms with Gasteiger partial charge in [-0.3, -0.25) is 0 Å². The molecule has 0 aliphatic heterocycles. The molecule has 0 bridgehead atoms. The Morgan fingerprint density at radius 3 is 1.98 bits per heavy atom. The first kappa shape index (κ1) is 24.9. The van der Waals surface area contributed by atoms with E-state index >= 15 is 0 Å². The highest BCUT2D eigenvalue weighted by molar-refractivity contribution is 9.10. The Morgan fingerprint density at radius 1 is 0.419 bits per heavy atom. The summed E-state index contributed by atoms with van der Waals surface area (Å²) in [4.78, 5) is 0. The van der Waals surface area contributed by atoms with Crippen LogP contribution >= 0.6 is 27.3 Å². The van der Waals surface area contributed by atoms with Gasteiger partial charge in [0.15, 0.2) is 0 Å². The quantitative estimate of drug-likeness (QED) is 0.183. The molecular weight excluding hydrogens is 606 g/mol. The summed E-state index contributed by atoms with van der Waals surface area (Å²) in [5.41, 5.74) is 8.46. The van der Waals surface area contributed by atoms with E-state index < -0.39 is 0 Å². The second kappa shape index (κ2) is 9.67. The first-order valence-electron chi connectivity index (χ1n) is 14.4. The maximum atomic E-state index is 3.83. The molecule has 9 aromatic rings. The molecule has 202 valence electrons. The van der Waals surface area contributed by atoms with E-state index in [-0.39, 0.29) is 0 Å². The molecule has 0 saturated carbocycles. The van der Waals surface area contributed by atoms with Gasteiger partial charge in [-0.2, -0.15) is 0 Å². The van der Waals surface area contributed by atoms with Crippen LogP contribution in [0.1, 0.15) is 0 Å². The number of rotatable bonds is 3. The molecule has 3 heteroatoms. The van der Waals surface area contributed by atoms with E-state index in [0.717, 1.165) is 4.47 Å². The van der Waals surface area contributed by atoms with Gasteiger partial charge in [0.2, 0.25) is 0 Å². The smallest absolute Gasteiger partial charge is 0.0541 e. The highest BCUT2D eigenvalue weighted by atomic mass is 79.9. The van der Waals surface area contributed by atoms with Crippen molar-refractivity contribution in [1.29, 1.82) is 0 Å². The van der Waals surface area contributed by atoms with Gasteiger partial charge in [-0.25, -0.2) is 0 Å². The lowest BCUT2D eigenvalue weighted by Gasteiger charge is -2.11. The molecule has 2 aromatic heterocycles. The Labute approximate surface area is 261 Å². The van der Waals surface area contributed by atoms with E-state index in [1.54, 1.807) is 0 Å². The van der Waals surface area contributed by atoms with Crippen LogP contribution in [0.15, 0.2) is 150 Å². The number of fused-ring (bicyclic) bond motifs is 7. The summed E-state index contributed by atoms with van der Waals surface area (Å²) in [6.07, 6.45) is 0. The number of hydrogen-bond acceptors (Lipinski definition) is 1. The van der Waals surface area contributed by atoms with Gasteiger partial charge in [0.25, 0.3) is 0 Å². The zero-order chi connectivity index (χ0) is 28.5. The number of halogens is 1. The third-order valence-electron chi connectivity index (χ3n) is 8.61. The molecule has 2 heterocycles. The molecule has 1 nitrogen and oxygen atoms in total. The summed E-state index contributed by atoms with van der Waals surface area (Å²) >= 11 is 5.69. The molecule has 0 spiro atoms. The van der Waals surface area contributed by atoms with Crippen molar-refractivity contribution < 1.29 is 0 Å². The standard InChI is InChI=1S/C40H24BrNS/c41-31-20-29(19-30(21-31)28-14-17-35-34-10-4-6-12-39(34)43-40(35)24-28)27-15-18-38-36(23-27)33-9-3-5-11-37(33)42(38)32-16-13-25-7-1-2-8-26(25)22-32/h1-24H. The van der Waals surface area contributed by atoms with Crippen molar-refractivity contribution in [1.82, 2.24) is 4.57 Å². The predicted octanol–water partition coefficient (Wildman–Crippen LogP) is 12.4. The molecular formula is C40H24BrNS. The Morgan fingerprint density at radius 2 is 1.09 bits per heavy atom. The molecule has 0 saturated heterocycles. The average molecular weight is 631 g/mol. The van der Waals surface area contributed by atoms with Gasteiger partial charge in [0, 0.05) is 41.1 Å². The monoisotopic (exact) mass is 629 g/mol. The molecule has 0 aliphatic carbocycles. The fourth-order valence-electron chi connectivity index (χ4n) is 6.57. The van der Waals surface area contributed by atoms with Gasteiger partial charge >= 0.3 is 0 Å². The van der Waals surface area contributed by atoms with E-state index in [4.69, 9.17) is 0 Å². The van der Waals surface area contributed by atoms with E-state index in [1.807, 2.05) is 11.3 Å². The number of nitrogens with zero attached hydrogens (tertiary/aromatic N) is 1. The Bertz CT molecular complexity index is 2530. The molecule has 0 radical (unpaired) electrons. The zero-order valence-electron chi connectivity index (χ0n) is 23.1. The third kappa shape index (κ3) is 4.04. The topological polar surface area (TPSA) is 4.93 Å². The third-order valence-corrected chi connectivity index (χ3v) is 10.2. The lowest BCUT2D eigenvalue weighted by Crippen LogP contribution is -1.93. The normalized spacial score (nSPS) is 11.8. The van der Waals surface area contributed by atoms with Crippen LogP contribution in [0.3, 0.4) is 0 Å². The van der Waals surface area contributed by atoms with Crippen LogP contribution in [-0.4, -0.2) is 4.57 Å². The van der Waals surface area contributed by atoms with Crippen LogP contribution in [-0.2, 0) is 0 Å². The lowest BCUT2D eigenvalue weighted by atomic mass is 9.97. The maximum absolute atomic E-state index is 3.83. The Kier molecular flexibility index (Phi) is 5.59. The van der Waals surface area contributed by atoms with Gasteiger partial charge in [0.1, 0.15) is 0 Å². The van der Waals surface area contributed by atoms with Gasteiger partial charge in [-0.15, -0.1) is 11.3 Å². The van der Waals surface area contributed by atoms with E-state index in [1.165, 1.54) is 80.7 Å². The zero-order valence-corrected chi connectivity index (χ0v) is 25.5. The largest absolute Gasteiger partial charge is 0.309 e. The predicted molar refractivity (Wildman–Crippen MR) is 190 cm³/mol. The summed E-state index contributed by atoms with van der Waals surface area (Å²) in [6, 6.07) is 53.3. The minimum absolute atomic E-state index is 1.08. The highest BCUT2D eigenvalue weighted by Gasteiger charge is 2.15. The summed E-state index contributed by atoms with van der Waals surface area (Å²) in [7, 11) is 0. The molecule has 0 amide bonds. The second-order valence-electron chi connectivity index (χ2n) is 11.2. The summed E-state index contributed by atoms with van der Waals surface area (Å²) in [5, 5.41) is 7.68. The second-order valence-corrected chi connectivity index (χ2v) is 13.2. The number of thiophene rings is 1. The molecule has 7 aromatic carbocycles. The molecule has 0 fully saturated rings. The minimum Gasteiger partial charge on any atom is -0.309 e. The fourth-order valence-corrected chi connectivity index (χ4v) is 8.21. The van der Waals surface area contributed by atoms with Gasteiger partial charge < -0.3 is 4.57 Å². The first-order valence-corrected chi connectivity index (χ1v) is 16.1. The van der Waals surface area contributed by atoms with Crippen LogP contribution in [0.5, 0.6) is 0 Å². The lowest BCUT2D eigenvalue weighted by molar-refractivity contribution is 1.19. The van der Waals surface area contributed by atoms with E-state index in [2.05, 4.69) is 166 Å². The van der Waals surface area contributed by atoms with Crippen LogP contribution in [0, 0.1) is 0 Å². The van der Waals surface area contributed by atoms with E-state index in [0.29, 0.717) is 0 Å². The molecule has 0 atom stereocenters. The van der Waals surface area contributed by atoms with Crippen molar-refractivity contribution in [3.05, 3.63) is 150 Å². The maximum Gasteiger partial charge on any atom is 0.0541 e. The van der Waals surface area contributed by atoms with Gasteiger partial charge in [-0.1, -0.05) is 101 Å². The summed E-state index contributed by atoms with van der Waals surface area (Å²) < 4.78 is 6.13. The number of hydrogen-bond donors (Lipinski definition) is 0. The van der Waals surface area contributed by atoms with Crippen LogP contribution in [0.2, 0.25) is 0 Å². The van der Waals surface area contributed by atoms with Crippen molar-refractivity contribution in [3.8, 4) is 27.9 Å². The highest BCUT2D eigenvalue weighted by Crippen LogP contribution is 2.39. The van der Waals surface area contributed by atoms with E-state index in [9.17, 15) is 0 Å². The first-order chi connectivity index (χ1) is 21.2. The molecule has 0 N–H and O–H groups in total.